The van der Waals surface area contributed by atoms with Crippen molar-refractivity contribution in [3.63, 3.8) is 0 Å². The number of carbonyl (C=O) groups is 1. The Balaban J connectivity index is 1.68. The first kappa shape index (κ1) is 19.7. The predicted octanol–water partition coefficient (Wildman–Crippen LogP) is 4.88. The number of amides is 1. The number of hydrogen-bond acceptors (Lipinski definition) is 4. The summed E-state index contributed by atoms with van der Waals surface area (Å²) in [6, 6.07) is 8.66. The summed E-state index contributed by atoms with van der Waals surface area (Å²) in [5.74, 6) is 1.65. The monoisotopic (exact) mass is 424 g/mol. The third kappa shape index (κ3) is 4.64. The summed E-state index contributed by atoms with van der Waals surface area (Å²) in [6.07, 6.45) is 1.63. The molecule has 8 heteroatoms. The lowest BCUT2D eigenvalue weighted by Gasteiger charge is -2.15. The molecule has 1 N–H and O–H groups in total. The topological polar surface area (TPSA) is 54.7 Å². The Bertz CT molecular complexity index is 888. The third-order valence-corrected chi connectivity index (χ3v) is 4.67. The number of nitrogens with zero attached hydrogens (tertiary/aromatic N) is 1. The van der Waals surface area contributed by atoms with Gasteiger partial charge in [-0.25, -0.2) is 0 Å². The maximum Gasteiger partial charge on any atom is 0.276 e. The van der Waals surface area contributed by atoms with Gasteiger partial charge in [-0.05, 0) is 42.4 Å². The number of ether oxygens (including phenoxy) is 1. The Morgan fingerprint density at radius 1 is 1.26 bits per heavy atom. The predicted molar refractivity (Wildman–Crippen MR) is 110 cm³/mol. The first-order valence-electron chi connectivity index (χ1n) is 8.35. The molecule has 3 rings (SSSR count). The number of halogens is 2. The summed E-state index contributed by atoms with van der Waals surface area (Å²) >= 11 is 17.4. The molecule has 0 unspecified atom stereocenters. The highest BCUT2D eigenvalue weighted by Gasteiger charge is 2.31. The highest BCUT2D eigenvalue weighted by atomic mass is 35.5. The van der Waals surface area contributed by atoms with Crippen molar-refractivity contribution in [2.24, 2.45) is 5.92 Å². The van der Waals surface area contributed by atoms with Gasteiger partial charge in [0.2, 0.25) is 0 Å². The lowest BCUT2D eigenvalue weighted by molar-refractivity contribution is -0.122. The molecule has 142 valence electrons. The zero-order valence-electron chi connectivity index (χ0n) is 14.8. The second-order valence-corrected chi connectivity index (χ2v) is 7.64. The lowest BCUT2D eigenvalue weighted by Crippen LogP contribution is -2.33. The Morgan fingerprint density at radius 2 is 1.96 bits per heavy atom. The average Bonchev–Trinajstić information content (AvgIpc) is 3.14. The van der Waals surface area contributed by atoms with Gasteiger partial charge in [0.15, 0.2) is 10.9 Å². The fourth-order valence-electron chi connectivity index (χ4n) is 2.56. The molecule has 0 atom stereocenters. The molecular weight excluding hydrogens is 407 g/mol. The van der Waals surface area contributed by atoms with Gasteiger partial charge in [0.1, 0.15) is 23.8 Å². The summed E-state index contributed by atoms with van der Waals surface area (Å²) in [6.45, 7) is 4.78. The van der Waals surface area contributed by atoms with Crippen LogP contribution >= 0.6 is 35.4 Å². The molecule has 1 amide bonds. The van der Waals surface area contributed by atoms with Crippen LogP contribution in [-0.2, 0) is 11.4 Å². The van der Waals surface area contributed by atoms with Crippen LogP contribution in [0.15, 0.2) is 40.4 Å². The number of nitrogens with one attached hydrogen (secondary N) is 1. The van der Waals surface area contributed by atoms with Gasteiger partial charge < -0.3 is 14.5 Å². The number of carbonyl (C=O) groups excluding carboxylic acids is 1. The van der Waals surface area contributed by atoms with E-state index in [2.05, 4.69) is 5.32 Å². The van der Waals surface area contributed by atoms with E-state index in [0.717, 1.165) is 0 Å². The summed E-state index contributed by atoms with van der Waals surface area (Å²) in [5, 5.41) is 4.19. The first-order valence-corrected chi connectivity index (χ1v) is 9.51. The molecule has 1 aliphatic rings. The van der Waals surface area contributed by atoms with Crippen molar-refractivity contribution in [3.05, 3.63) is 57.6 Å². The average molecular weight is 425 g/mol. The molecular formula is C19H18Cl2N2O3S. The van der Waals surface area contributed by atoms with Gasteiger partial charge in [-0.3, -0.25) is 9.69 Å². The van der Waals surface area contributed by atoms with Crippen molar-refractivity contribution in [1.82, 2.24) is 10.2 Å². The van der Waals surface area contributed by atoms with E-state index in [1.807, 2.05) is 13.8 Å². The molecule has 0 saturated carbocycles. The fourth-order valence-corrected chi connectivity index (χ4v) is 3.33. The molecule has 0 bridgehead atoms. The van der Waals surface area contributed by atoms with Gasteiger partial charge in [0.05, 0.1) is 10.0 Å². The van der Waals surface area contributed by atoms with Crippen LogP contribution in [0.1, 0.15) is 25.4 Å². The van der Waals surface area contributed by atoms with Crippen molar-refractivity contribution in [2.75, 3.05) is 6.54 Å². The van der Waals surface area contributed by atoms with E-state index in [4.69, 9.17) is 44.6 Å². The fraction of sp³-hybridized carbons (Fsp3) is 0.263. The Labute approximate surface area is 172 Å². The minimum atomic E-state index is -0.161. The van der Waals surface area contributed by atoms with Crippen LogP contribution in [0.4, 0.5) is 0 Å². The van der Waals surface area contributed by atoms with Crippen LogP contribution in [0, 0.1) is 5.92 Å². The van der Waals surface area contributed by atoms with E-state index in [-0.39, 0.29) is 12.5 Å². The summed E-state index contributed by atoms with van der Waals surface area (Å²) in [4.78, 5) is 14.0. The van der Waals surface area contributed by atoms with Crippen LogP contribution < -0.4 is 10.1 Å². The van der Waals surface area contributed by atoms with Gasteiger partial charge in [-0.2, -0.15) is 0 Å². The minimum Gasteiger partial charge on any atom is -0.483 e. The first-order chi connectivity index (χ1) is 12.8. The highest BCUT2D eigenvalue weighted by Crippen LogP contribution is 2.33. The number of para-hydroxylation sites is 1. The zero-order chi connectivity index (χ0) is 19.6. The van der Waals surface area contributed by atoms with Crippen LogP contribution in [0.2, 0.25) is 10.0 Å². The Kier molecular flexibility index (Phi) is 6.09. The van der Waals surface area contributed by atoms with E-state index in [9.17, 15) is 4.79 Å². The van der Waals surface area contributed by atoms with Crippen molar-refractivity contribution in [1.29, 1.82) is 0 Å². The van der Waals surface area contributed by atoms with Gasteiger partial charge >= 0.3 is 0 Å². The Morgan fingerprint density at radius 3 is 2.63 bits per heavy atom. The second-order valence-electron chi connectivity index (χ2n) is 6.44. The molecule has 1 saturated heterocycles. The van der Waals surface area contributed by atoms with Crippen LogP contribution in [0.3, 0.4) is 0 Å². The maximum absolute atomic E-state index is 12.5. The third-order valence-electron chi connectivity index (χ3n) is 3.76. The van der Waals surface area contributed by atoms with E-state index < -0.39 is 0 Å². The van der Waals surface area contributed by atoms with Crippen molar-refractivity contribution in [2.45, 2.75) is 20.5 Å². The van der Waals surface area contributed by atoms with E-state index in [1.54, 1.807) is 41.3 Å². The maximum atomic E-state index is 12.5. The lowest BCUT2D eigenvalue weighted by atomic mass is 10.2. The second kappa shape index (κ2) is 8.33. The van der Waals surface area contributed by atoms with Crippen molar-refractivity contribution >= 4 is 52.5 Å². The molecule has 1 aromatic heterocycles. The van der Waals surface area contributed by atoms with E-state index >= 15 is 0 Å². The van der Waals surface area contributed by atoms with Crippen LogP contribution in [0.25, 0.3) is 6.08 Å². The minimum absolute atomic E-state index is 0.159. The Hall–Kier alpha value is -2.02. The molecule has 2 aromatic rings. The molecule has 1 aromatic carbocycles. The molecule has 0 radical (unpaired) electrons. The molecule has 1 fully saturated rings. The molecule has 0 aliphatic carbocycles. The molecule has 2 heterocycles. The quantitative estimate of drug-likeness (QED) is 0.528. The van der Waals surface area contributed by atoms with Gasteiger partial charge in [-0.15, -0.1) is 0 Å². The smallest absolute Gasteiger partial charge is 0.276 e. The zero-order valence-corrected chi connectivity index (χ0v) is 17.1. The molecule has 0 spiro atoms. The van der Waals surface area contributed by atoms with Gasteiger partial charge in [0.25, 0.3) is 5.91 Å². The number of rotatable bonds is 6. The highest BCUT2D eigenvalue weighted by molar-refractivity contribution is 7.80. The summed E-state index contributed by atoms with van der Waals surface area (Å²) in [5.41, 5.74) is 0.386. The van der Waals surface area contributed by atoms with E-state index in [1.165, 1.54) is 0 Å². The molecule has 1 aliphatic heterocycles. The van der Waals surface area contributed by atoms with Crippen molar-refractivity contribution < 1.29 is 13.9 Å². The standard InChI is InChI=1S/C19H18Cl2N2O3S/c1-11(2)9-23-18(24)16(22-19(23)27)8-12-6-7-13(26-12)10-25-17-14(20)4-3-5-15(17)21/h3-8,11H,9-10H2,1-2H3,(H,22,27)/b16-8+. The van der Waals surface area contributed by atoms with E-state index in [0.29, 0.717) is 50.6 Å². The summed E-state index contributed by atoms with van der Waals surface area (Å²) < 4.78 is 11.4. The molecule has 27 heavy (non-hydrogen) atoms. The number of thiocarbonyl (C=S) groups is 1. The number of benzene rings is 1. The number of furan rings is 1. The van der Waals surface area contributed by atoms with Gasteiger partial charge in [0, 0.05) is 12.6 Å². The van der Waals surface area contributed by atoms with Crippen LogP contribution in [0.5, 0.6) is 5.75 Å². The number of hydrogen-bond donors (Lipinski definition) is 1. The normalized spacial score (nSPS) is 15.7. The molecule has 5 nitrogen and oxygen atoms in total. The van der Waals surface area contributed by atoms with Gasteiger partial charge in [-0.1, -0.05) is 43.1 Å². The van der Waals surface area contributed by atoms with Crippen LogP contribution in [-0.4, -0.2) is 22.5 Å². The van der Waals surface area contributed by atoms with Crippen molar-refractivity contribution in [3.8, 4) is 5.75 Å². The largest absolute Gasteiger partial charge is 0.483 e. The SMILES string of the molecule is CC(C)CN1C(=O)/C(=C\c2ccc(COc3c(Cl)cccc3Cl)o2)NC1=S. The summed E-state index contributed by atoms with van der Waals surface area (Å²) in [7, 11) is 0.